The van der Waals surface area contributed by atoms with E-state index in [1.807, 2.05) is 30.3 Å². The Kier molecular flexibility index (Phi) is 3.88. The zero-order chi connectivity index (χ0) is 13.9. The van der Waals surface area contributed by atoms with E-state index in [-0.39, 0.29) is 0 Å². The highest BCUT2D eigenvalue weighted by Crippen LogP contribution is 2.35. The Balaban J connectivity index is 1.67. The topological polar surface area (TPSA) is 20.3 Å². The van der Waals surface area contributed by atoms with Gasteiger partial charge in [-0.2, -0.15) is 0 Å². The number of nitrogens with zero attached hydrogens (tertiary/aromatic N) is 1. The third-order valence-corrected chi connectivity index (χ3v) is 5.21. The van der Waals surface area contributed by atoms with E-state index in [2.05, 4.69) is 36.1 Å². The summed E-state index contributed by atoms with van der Waals surface area (Å²) in [6, 6.07) is 18.3. The van der Waals surface area contributed by atoms with Crippen molar-refractivity contribution < 1.29 is 4.21 Å². The molecule has 2 atom stereocenters. The Labute approximate surface area is 122 Å². The molecule has 0 saturated heterocycles. The molecule has 0 aromatic heterocycles. The molecule has 0 N–H and O–H groups in total. The molecule has 0 radical (unpaired) electrons. The standard InChI is InChI=1S/C17H19NOS/c1-14-13-18(17-10-6-5-9-16(14)17)11-12-20(19)15-7-3-2-4-8-15/h2-10,14H,11-13H2,1H3. The van der Waals surface area contributed by atoms with Crippen molar-refractivity contribution in [3.63, 3.8) is 0 Å². The molecule has 0 spiro atoms. The van der Waals surface area contributed by atoms with Crippen molar-refractivity contribution in [3.8, 4) is 0 Å². The van der Waals surface area contributed by atoms with Gasteiger partial charge in [0.2, 0.25) is 0 Å². The van der Waals surface area contributed by atoms with Gasteiger partial charge in [0.15, 0.2) is 0 Å². The summed E-state index contributed by atoms with van der Waals surface area (Å²) in [5, 5.41) is 0. The molecule has 2 nitrogen and oxygen atoms in total. The average Bonchev–Trinajstić information content (AvgIpc) is 2.83. The summed E-state index contributed by atoms with van der Waals surface area (Å²) in [5.74, 6) is 1.25. The molecule has 0 aliphatic carbocycles. The maximum atomic E-state index is 12.3. The molecule has 3 heteroatoms. The highest BCUT2D eigenvalue weighted by atomic mass is 32.2. The average molecular weight is 285 g/mol. The van der Waals surface area contributed by atoms with Crippen LogP contribution in [0.25, 0.3) is 0 Å². The van der Waals surface area contributed by atoms with E-state index in [4.69, 9.17) is 0 Å². The number of benzene rings is 2. The zero-order valence-electron chi connectivity index (χ0n) is 11.7. The lowest BCUT2D eigenvalue weighted by molar-refractivity contribution is 0.680. The Hall–Kier alpha value is -1.61. The minimum absolute atomic E-state index is 0.566. The highest BCUT2D eigenvalue weighted by molar-refractivity contribution is 7.85. The molecule has 1 aliphatic rings. The zero-order valence-corrected chi connectivity index (χ0v) is 12.5. The fraction of sp³-hybridized carbons (Fsp3) is 0.294. The molecule has 2 aromatic carbocycles. The van der Waals surface area contributed by atoms with Crippen LogP contribution in [-0.2, 0) is 10.8 Å². The van der Waals surface area contributed by atoms with E-state index in [0.717, 1.165) is 18.0 Å². The number of hydrogen-bond acceptors (Lipinski definition) is 2. The van der Waals surface area contributed by atoms with Gasteiger partial charge in [-0.1, -0.05) is 43.3 Å². The van der Waals surface area contributed by atoms with Crippen LogP contribution in [0, 0.1) is 0 Å². The van der Waals surface area contributed by atoms with Gasteiger partial charge in [-0.05, 0) is 23.8 Å². The van der Waals surface area contributed by atoms with Crippen LogP contribution in [0.15, 0.2) is 59.5 Å². The van der Waals surface area contributed by atoms with Crippen LogP contribution < -0.4 is 4.90 Å². The summed E-state index contributed by atoms with van der Waals surface area (Å²) < 4.78 is 12.3. The van der Waals surface area contributed by atoms with Crippen molar-refractivity contribution >= 4 is 16.5 Å². The van der Waals surface area contributed by atoms with Crippen molar-refractivity contribution in [1.82, 2.24) is 0 Å². The van der Waals surface area contributed by atoms with Gasteiger partial charge in [-0.25, -0.2) is 0 Å². The Bertz CT molecular complexity index is 611. The van der Waals surface area contributed by atoms with E-state index in [1.54, 1.807) is 0 Å². The first-order chi connectivity index (χ1) is 9.75. The molecule has 0 fully saturated rings. The van der Waals surface area contributed by atoms with E-state index in [0.29, 0.717) is 11.7 Å². The van der Waals surface area contributed by atoms with Crippen molar-refractivity contribution in [3.05, 3.63) is 60.2 Å². The third-order valence-electron chi connectivity index (χ3n) is 3.86. The molecule has 2 aromatic rings. The largest absolute Gasteiger partial charge is 0.370 e. The van der Waals surface area contributed by atoms with Gasteiger partial charge in [0.1, 0.15) is 0 Å². The van der Waals surface area contributed by atoms with Crippen molar-refractivity contribution in [2.75, 3.05) is 23.7 Å². The first kappa shape index (κ1) is 13.4. The second-order valence-corrected chi connectivity index (χ2v) is 6.84. The minimum atomic E-state index is -0.909. The van der Waals surface area contributed by atoms with E-state index >= 15 is 0 Å². The van der Waals surface area contributed by atoms with Crippen molar-refractivity contribution in [1.29, 1.82) is 0 Å². The fourth-order valence-corrected chi connectivity index (χ4v) is 3.90. The molecule has 2 unspecified atom stereocenters. The van der Waals surface area contributed by atoms with Gasteiger partial charge in [0.05, 0.1) is 10.8 Å². The Morgan fingerprint density at radius 1 is 1.10 bits per heavy atom. The predicted molar refractivity (Wildman–Crippen MR) is 84.8 cm³/mol. The van der Waals surface area contributed by atoms with E-state index in [1.165, 1.54) is 11.3 Å². The highest BCUT2D eigenvalue weighted by Gasteiger charge is 2.24. The first-order valence-electron chi connectivity index (χ1n) is 7.03. The molecule has 0 saturated carbocycles. The van der Waals surface area contributed by atoms with Crippen LogP contribution in [0.1, 0.15) is 18.4 Å². The SMILES string of the molecule is CC1CN(CCS(=O)c2ccccc2)c2ccccc21. The molecule has 20 heavy (non-hydrogen) atoms. The number of anilines is 1. The summed E-state index contributed by atoms with van der Waals surface area (Å²) >= 11 is 0. The Morgan fingerprint density at radius 2 is 1.80 bits per heavy atom. The van der Waals surface area contributed by atoms with Crippen LogP contribution >= 0.6 is 0 Å². The van der Waals surface area contributed by atoms with Crippen LogP contribution in [-0.4, -0.2) is 23.1 Å². The van der Waals surface area contributed by atoms with Crippen LogP contribution in [0.4, 0.5) is 5.69 Å². The molecule has 0 bridgehead atoms. The van der Waals surface area contributed by atoms with Crippen LogP contribution in [0.2, 0.25) is 0 Å². The second-order valence-electron chi connectivity index (χ2n) is 5.27. The lowest BCUT2D eigenvalue weighted by Gasteiger charge is -2.19. The molecule has 1 aliphatic heterocycles. The van der Waals surface area contributed by atoms with Crippen LogP contribution in [0.3, 0.4) is 0 Å². The lowest BCUT2D eigenvalue weighted by atomic mass is 10.0. The molecule has 1 heterocycles. The summed E-state index contributed by atoms with van der Waals surface area (Å²) in [4.78, 5) is 3.29. The molecule has 3 rings (SSSR count). The van der Waals surface area contributed by atoms with Gasteiger partial charge in [0.25, 0.3) is 0 Å². The quantitative estimate of drug-likeness (QED) is 0.858. The van der Waals surface area contributed by atoms with Gasteiger partial charge in [-0.15, -0.1) is 0 Å². The molecule has 104 valence electrons. The van der Waals surface area contributed by atoms with Crippen molar-refractivity contribution in [2.24, 2.45) is 0 Å². The molecular weight excluding hydrogens is 266 g/mol. The number of rotatable bonds is 4. The monoisotopic (exact) mass is 285 g/mol. The number of hydrogen-bond donors (Lipinski definition) is 0. The normalized spacial score (nSPS) is 18.9. The van der Waals surface area contributed by atoms with Gasteiger partial charge in [0, 0.05) is 35.3 Å². The van der Waals surface area contributed by atoms with Gasteiger partial charge in [-0.3, -0.25) is 4.21 Å². The smallest absolute Gasteiger partial charge is 0.0547 e. The fourth-order valence-electron chi connectivity index (χ4n) is 2.81. The van der Waals surface area contributed by atoms with E-state index in [9.17, 15) is 4.21 Å². The number of fused-ring (bicyclic) bond motifs is 1. The lowest BCUT2D eigenvalue weighted by Crippen LogP contribution is -2.26. The predicted octanol–water partition coefficient (Wildman–Crippen LogP) is 3.42. The van der Waals surface area contributed by atoms with Crippen LogP contribution in [0.5, 0.6) is 0 Å². The summed E-state index contributed by atoms with van der Waals surface area (Å²) in [6.07, 6.45) is 0. The maximum Gasteiger partial charge on any atom is 0.0547 e. The summed E-state index contributed by atoms with van der Waals surface area (Å²) in [6.45, 7) is 4.14. The summed E-state index contributed by atoms with van der Waals surface area (Å²) in [7, 11) is -0.909. The molecular formula is C17H19NOS. The van der Waals surface area contributed by atoms with Crippen molar-refractivity contribution in [2.45, 2.75) is 17.7 Å². The first-order valence-corrected chi connectivity index (χ1v) is 8.35. The maximum absolute atomic E-state index is 12.3. The van der Waals surface area contributed by atoms with Gasteiger partial charge < -0.3 is 4.90 Å². The number of para-hydroxylation sites is 1. The second kappa shape index (κ2) is 5.80. The minimum Gasteiger partial charge on any atom is -0.370 e. The molecule has 0 amide bonds. The summed E-state index contributed by atoms with van der Waals surface area (Å²) in [5.41, 5.74) is 2.73. The third kappa shape index (κ3) is 2.63. The Morgan fingerprint density at radius 3 is 2.60 bits per heavy atom. The van der Waals surface area contributed by atoms with E-state index < -0.39 is 10.8 Å². The van der Waals surface area contributed by atoms with Gasteiger partial charge >= 0.3 is 0 Å².